The summed E-state index contributed by atoms with van der Waals surface area (Å²) in [6.45, 7) is 1.47. The van der Waals surface area contributed by atoms with Crippen molar-refractivity contribution in [1.29, 1.82) is 0 Å². The molecule has 0 heterocycles. The predicted octanol–water partition coefficient (Wildman–Crippen LogP) is 2.49. The highest BCUT2D eigenvalue weighted by Gasteiger charge is 2.16. The van der Waals surface area contributed by atoms with E-state index >= 15 is 0 Å². The Kier molecular flexibility index (Phi) is 4.59. The van der Waals surface area contributed by atoms with E-state index in [-0.39, 0.29) is 5.84 Å². The molecule has 3 N–H and O–H groups in total. The molecule has 4 heteroatoms. The molecule has 1 aromatic carbocycles. The van der Waals surface area contributed by atoms with E-state index in [0.717, 1.165) is 23.7 Å². The zero-order valence-electron chi connectivity index (χ0n) is 10.5. The number of hydrogen-bond donors (Lipinski definition) is 2. The standard InChI is InChI=1S/C14H20N2O2/c15-14(16-17)13-6-4-12(5-7-13)10-18-9-8-11-2-1-3-11/h4-7,11,17H,1-3,8-10H2,(H2,15,16). The summed E-state index contributed by atoms with van der Waals surface area (Å²) in [5, 5.41) is 11.5. The van der Waals surface area contributed by atoms with E-state index in [1.807, 2.05) is 24.3 Å². The fourth-order valence-corrected chi connectivity index (χ4v) is 2.05. The van der Waals surface area contributed by atoms with Gasteiger partial charge in [-0.2, -0.15) is 0 Å². The maximum absolute atomic E-state index is 8.55. The van der Waals surface area contributed by atoms with Crippen LogP contribution in [0.15, 0.2) is 29.4 Å². The lowest BCUT2D eigenvalue weighted by Crippen LogP contribution is -2.13. The van der Waals surface area contributed by atoms with Crippen LogP contribution in [0.4, 0.5) is 0 Å². The predicted molar refractivity (Wildman–Crippen MR) is 70.6 cm³/mol. The fourth-order valence-electron chi connectivity index (χ4n) is 2.05. The summed E-state index contributed by atoms with van der Waals surface area (Å²) in [5.41, 5.74) is 7.32. The largest absolute Gasteiger partial charge is 0.409 e. The van der Waals surface area contributed by atoms with Gasteiger partial charge in [0, 0.05) is 12.2 Å². The molecule has 1 aromatic rings. The first-order valence-corrected chi connectivity index (χ1v) is 6.44. The summed E-state index contributed by atoms with van der Waals surface area (Å²) in [6, 6.07) is 7.55. The summed E-state index contributed by atoms with van der Waals surface area (Å²) < 4.78 is 5.64. The Morgan fingerprint density at radius 3 is 2.61 bits per heavy atom. The van der Waals surface area contributed by atoms with Gasteiger partial charge in [0.1, 0.15) is 0 Å². The van der Waals surface area contributed by atoms with Crippen molar-refractivity contribution in [2.24, 2.45) is 16.8 Å². The van der Waals surface area contributed by atoms with Crippen molar-refractivity contribution in [2.75, 3.05) is 6.61 Å². The molecule has 4 nitrogen and oxygen atoms in total. The molecule has 0 spiro atoms. The number of nitrogens with two attached hydrogens (primary N) is 1. The van der Waals surface area contributed by atoms with Gasteiger partial charge in [0.05, 0.1) is 6.61 Å². The van der Waals surface area contributed by atoms with E-state index in [1.165, 1.54) is 25.7 Å². The first kappa shape index (κ1) is 12.9. The summed E-state index contributed by atoms with van der Waals surface area (Å²) >= 11 is 0. The van der Waals surface area contributed by atoms with Crippen LogP contribution in [0.25, 0.3) is 0 Å². The van der Waals surface area contributed by atoms with E-state index in [0.29, 0.717) is 6.61 Å². The van der Waals surface area contributed by atoms with E-state index < -0.39 is 0 Å². The van der Waals surface area contributed by atoms with Gasteiger partial charge < -0.3 is 15.7 Å². The smallest absolute Gasteiger partial charge is 0.170 e. The van der Waals surface area contributed by atoms with E-state index in [1.54, 1.807) is 0 Å². The van der Waals surface area contributed by atoms with Crippen LogP contribution in [-0.2, 0) is 11.3 Å². The monoisotopic (exact) mass is 248 g/mol. The highest BCUT2D eigenvalue weighted by Crippen LogP contribution is 2.29. The van der Waals surface area contributed by atoms with Crippen LogP contribution < -0.4 is 5.73 Å². The van der Waals surface area contributed by atoms with Crippen molar-refractivity contribution in [2.45, 2.75) is 32.3 Å². The maximum atomic E-state index is 8.55. The second-order valence-electron chi connectivity index (χ2n) is 4.82. The van der Waals surface area contributed by atoms with Crippen molar-refractivity contribution in [1.82, 2.24) is 0 Å². The van der Waals surface area contributed by atoms with Crippen molar-refractivity contribution in [3.05, 3.63) is 35.4 Å². The number of nitrogens with zero attached hydrogens (tertiary/aromatic N) is 1. The molecule has 0 unspecified atom stereocenters. The summed E-state index contributed by atoms with van der Waals surface area (Å²) in [7, 11) is 0. The molecule has 18 heavy (non-hydrogen) atoms. The second-order valence-corrected chi connectivity index (χ2v) is 4.82. The maximum Gasteiger partial charge on any atom is 0.170 e. The summed E-state index contributed by atoms with van der Waals surface area (Å²) in [4.78, 5) is 0. The Bertz CT molecular complexity index is 397. The Morgan fingerprint density at radius 2 is 2.06 bits per heavy atom. The molecule has 1 fully saturated rings. The number of oxime groups is 1. The lowest BCUT2D eigenvalue weighted by atomic mass is 9.83. The first-order chi connectivity index (χ1) is 8.79. The molecule has 1 aliphatic carbocycles. The van der Waals surface area contributed by atoms with Crippen LogP contribution in [0.1, 0.15) is 36.8 Å². The third-order valence-corrected chi connectivity index (χ3v) is 3.52. The van der Waals surface area contributed by atoms with Crippen molar-refractivity contribution in [3.63, 3.8) is 0 Å². The molecular weight excluding hydrogens is 228 g/mol. The molecule has 2 rings (SSSR count). The molecule has 1 saturated carbocycles. The van der Waals surface area contributed by atoms with Gasteiger partial charge in [0.2, 0.25) is 0 Å². The minimum absolute atomic E-state index is 0.132. The zero-order chi connectivity index (χ0) is 12.8. The van der Waals surface area contributed by atoms with E-state index in [4.69, 9.17) is 15.7 Å². The van der Waals surface area contributed by atoms with E-state index in [9.17, 15) is 0 Å². The SMILES string of the molecule is N/C(=N/O)c1ccc(COCCC2CCC2)cc1. The van der Waals surface area contributed by atoms with Crippen LogP contribution in [0, 0.1) is 5.92 Å². The average molecular weight is 248 g/mol. The molecule has 1 aliphatic rings. The van der Waals surface area contributed by atoms with Gasteiger partial charge in [-0.25, -0.2) is 0 Å². The molecule has 0 aromatic heterocycles. The molecule has 0 amide bonds. The number of hydrogen-bond acceptors (Lipinski definition) is 3. The van der Waals surface area contributed by atoms with Crippen molar-refractivity contribution in [3.8, 4) is 0 Å². The summed E-state index contributed by atoms with van der Waals surface area (Å²) in [6.07, 6.45) is 5.32. The van der Waals surface area contributed by atoms with Crippen LogP contribution in [-0.4, -0.2) is 17.6 Å². The highest BCUT2D eigenvalue weighted by molar-refractivity contribution is 5.96. The van der Waals surface area contributed by atoms with Crippen LogP contribution in [0.3, 0.4) is 0 Å². The molecule has 0 bridgehead atoms. The molecule has 0 atom stereocenters. The molecule has 0 aliphatic heterocycles. The number of amidine groups is 1. The summed E-state index contributed by atoms with van der Waals surface area (Å²) in [5.74, 6) is 1.03. The Morgan fingerprint density at radius 1 is 1.33 bits per heavy atom. The lowest BCUT2D eigenvalue weighted by molar-refractivity contribution is 0.0950. The average Bonchev–Trinajstić information content (AvgIpc) is 2.36. The normalized spacial score (nSPS) is 16.6. The van der Waals surface area contributed by atoms with Gasteiger partial charge in [-0.3, -0.25) is 0 Å². The van der Waals surface area contributed by atoms with Gasteiger partial charge in [0.15, 0.2) is 5.84 Å². The quantitative estimate of drug-likeness (QED) is 0.267. The van der Waals surface area contributed by atoms with Crippen LogP contribution in [0.2, 0.25) is 0 Å². The third-order valence-electron chi connectivity index (χ3n) is 3.52. The number of benzene rings is 1. The van der Waals surface area contributed by atoms with Gasteiger partial charge in [-0.05, 0) is 17.9 Å². The van der Waals surface area contributed by atoms with Gasteiger partial charge in [0.25, 0.3) is 0 Å². The fraction of sp³-hybridized carbons (Fsp3) is 0.500. The third kappa shape index (κ3) is 3.47. The number of ether oxygens (including phenoxy) is 1. The second kappa shape index (κ2) is 6.40. The van der Waals surface area contributed by atoms with Gasteiger partial charge in [-0.15, -0.1) is 0 Å². The van der Waals surface area contributed by atoms with Crippen LogP contribution in [0.5, 0.6) is 0 Å². The minimum atomic E-state index is 0.132. The highest BCUT2D eigenvalue weighted by atomic mass is 16.5. The van der Waals surface area contributed by atoms with E-state index in [2.05, 4.69) is 5.16 Å². The lowest BCUT2D eigenvalue weighted by Gasteiger charge is -2.24. The van der Waals surface area contributed by atoms with Crippen molar-refractivity contribution < 1.29 is 9.94 Å². The topological polar surface area (TPSA) is 67.8 Å². The Hall–Kier alpha value is -1.55. The number of rotatable bonds is 6. The molecule has 98 valence electrons. The minimum Gasteiger partial charge on any atom is -0.409 e. The molecule has 0 radical (unpaired) electrons. The molecule has 0 saturated heterocycles. The first-order valence-electron chi connectivity index (χ1n) is 6.44. The van der Waals surface area contributed by atoms with Gasteiger partial charge in [-0.1, -0.05) is 48.7 Å². The Labute approximate surface area is 107 Å². The molecular formula is C14H20N2O2. The Balaban J connectivity index is 1.72. The van der Waals surface area contributed by atoms with Crippen LogP contribution >= 0.6 is 0 Å². The van der Waals surface area contributed by atoms with Crippen molar-refractivity contribution >= 4 is 5.84 Å². The van der Waals surface area contributed by atoms with Gasteiger partial charge >= 0.3 is 0 Å². The zero-order valence-corrected chi connectivity index (χ0v) is 10.5.